The highest BCUT2D eigenvalue weighted by atomic mass is 32.2. The van der Waals surface area contributed by atoms with Crippen molar-refractivity contribution in [2.24, 2.45) is 10.7 Å². The van der Waals surface area contributed by atoms with E-state index in [1.165, 1.54) is 24.3 Å². The highest BCUT2D eigenvalue weighted by Gasteiger charge is 2.30. The summed E-state index contributed by atoms with van der Waals surface area (Å²) in [6.45, 7) is -0.231. The maximum absolute atomic E-state index is 13.6. The number of rotatable bonds is 6. The molecule has 0 radical (unpaired) electrons. The molecule has 27 heavy (non-hydrogen) atoms. The molecule has 11 heteroatoms. The number of sulfone groups is 1. The fourth-order valence-corrected chi connectivity index (χ4v) is 3.22. The molecule has 0 aliphatic carbocycles. The lowest BCUT2D eigenvalue weighted by atomic mass is 10.3. The number of ether oxygens (including phenoxy) is 1. The molecule has 0 atom stereocenters. The minimum Gasteiger partial charge on any atom is -0.406 e. The van der Waals surface area contributed by atoms with Crippen LogP contribution in [0.4, 0.5) is 23.2 Å². The van der Waals surface area contributed by atoms with Crippen LogP contribution in [0.1, 0.15) is 0 Å². The Balaban J connectivity index is 1.93. The monoisotopic (exact) mass is 405 g/mol. The van der Waals surface area contributed by atoms with E-state index in [9.17, 15) is 26.0 Å². The summed E-state index contributed by atoms with van der Waals surface area (Å²) in [5, 5.41) is 2.59. The first-order valence-corrected chi connectivity index (χ1v) is 9.12. The number of alkyl halides is 3. The average Bonchev–Trinajstić information content (AvgIpc) is 2.55. The molecule has 0 saturated heterocycles. The van der Waals surface area contributed by atoms with Gasteiger partial charge in [-0.3, -0.25) is 4.99 Å². The maximum Gasteiger partial charge on any atom is 0.573 e. The van der Waals surface area contributed by atoms with E-state index in [4.69, 9.17) is 5.73 Å². The van der Waals surface area contributed by atoms with Gasteiger partial charge >= 0.3 is 6.36 Å². The average molecular weight is 405 g/mol. The Morgan fingerprint density at radius 2 is 1.74 bits per heavy atom. The molecule has 0 aromatic heterocycles. The SMILES string of the molecule is NC(=NCCS(=O)(=O)c1ccccc1F)Nc1ccc(OC(F)(F)F)cc1. The highest BCUT2D eigenvalue weighted by molar-refractivity contribution is 7.91. The second-order valence-corrected chi connectivity index (χ2v) is 7.29. The number of nitrogens with one attached hydrogen (secondary N) is 1. The van der Waals surface area contributed by atoms with Gasteiger partial charge in [0.25, 0.3) is 0 Å². The summed E-state index contributed by atoms with van der Waals surface area (Å²) < 4.78 is 77.7. The zero-order valence-electron chi connectivity index (χ0n) is 13.7. The molecule has 0 aliphatic heterocycles. The first-order valence-electron chi connectivity index (χ1n) is 7.47. The Morgan fingerprint density at radius 1 is 1.11 bits per heavy atom. The van der Waals surface area contributed by atoms with Crippen LogP contribution < -0.4 is 15.8 Å². The van der Waals surface area contributed by atoms with Crippen LogP contribution in [0.2, 0.25) is 0 Å². The lowest BCUT2D eigenvalue weighted by Gasteiger charge is -2.10. The standard InChI is InChI=1S/C16H15F4N3O3S/c17-13-3-1-2-4-14(13)27(24,25)10-9-22-15(21)23-11-5-7-12(8-6-11)26-16(18,19)20/h1-8H,9-10H2,(H3,21,22,23). The minimum atomic E-state index is -4.79. The van der Waals surface area contributed by atoms with E-state index in [1.54, 1.807) is 0 Å². The molecule has 146 valence electrons. The van der Waals surface area contributed by atoms with Gasteiger partial charge in [-0.05, 0) is 36.4 Å². The number of anilines is 1. The van der Waals surface area contributed by atoms with Crippen molar-refractivity contribution >= 4 is 21.5 Å². The highest BCUT2D eigenvalue weighted by Crippen LogP contribution is 2.23. The molecular formula is C16H15F4N3O3S. The van der Waals surface area contributed by atoms with Crippen LogP contribution >= 0.6 is 0 Å². The first kappa shape index (κ1) is 20.5. The van der Waals surface area contributed by atoms with Crippen molar-refractivity contribution in [3.8, 4) is 5.75 Å². The molecular weight excluding hydrogens is 390 g/mol. The Hall–Kier alpha value is -2.82. The van der Waals surface area contributed by atoms with Crippen LogP contribution in [-0.2, 0) is 9.84 Å². The molecule has 0 bridgehead atoms. The van der Waals surface area contributed by atoms with E-state index >= 15 is 0 Å². The minimum absolute atomic E-state index is 0.150. The molecule has 0 aliphatic rings. The van der Waals surface area contributed by atoms with Crippen molar-refractivity contribution < 1.29 is 30.7 Å². The zero-order chi connectivity index (χ0) is 20.1. The third-order valence-electron chi connectivity index (χ3n) is 3.17. The molecule has 0 heterocycles. The predicted molar refractivity (Wildman–Crippen MR) is 91.7 cm³/mol. The van der Waals surface area contributed by atoms with Gasteiger partial charge in [0.15, 0.2) is 15.8 Å². The van der Waals surface area contributed by atoms with Gasteiger partial charge in [-0.1, -0.05) is 12.1 Å². The van der Waals surface area contributed by atoms with Gasteiger partial charge in [0.05, 0.1) is 12.3 Å². The smallest absolute Gasteiger partial charge is 0.406 e. The van der Waals surface area contributed by atoms with E-state index < -0.39 is 38.4 Å². The summed E-state index contributed by atoms with van der Waals surface area (Å²) in [4.78, 5) is 3.39. The Morgan fingerprint density at radius 3 is 2.33 bits per heavy atom. The summed E-state index contributed by atoms with van der Waals surface area (Å²) in [6, 6.07) is 9.68. The van der Waals surface area contributed by atoms with Gasteiger partial charge < -0.3 is 15.8 Å². The van der Waals surface area contributed by atoms with E-state index in [0.29, 0.717) is 5.69 Å². The molecule has 3 N–H and O–H groups in total. The molecule has 0 unspecified atom stereocenters. The maximum atomic E-state index is 13.6. The molecule has 0 fully saturated rings. The molecule has 2 aromatic rings. The van der Waals surface area contributed by atoms with Crippen molar-refractivity contribution in [2.75, 3.05) is 17.6 Å². The number of nitrogens with zero attached hydrogens (tertiary/aromatic N) is 1. The molecule has 2 rings (SSSR count). The Labute approximate surface area is 152 Å². The summed E-state index contributed by atoms with van der Waals surface area (Å²) in [5.74, 6) is -1.87. The van der Waals surface area contributed by atoms with Crippen LogP contribution in [-0.4, -0.2) is 33.0 Å². The molecule has 0 saturated carbocycles. The van der Waals surface area contributed by atoms with Gasteiger partial charge in [0, 0.05) is 5.69 Å². The second-order valence-electron chi connectivity index (χ2n) is 5.21. The number of nitrogens with two attached hydrogens (primary N) is 1. The van der Waals surface area contributed by atoms with Crippen molar-refractivity contribution in [3.63, 3.8) is 0 Å². The molecule has 0 amide bonds. The van der Waals surface area contributed by atoms with Crippen LogP contribution in [0.25, 0.3) is 0 Å². The van der Waals surface area contributed by atoms with Gasteiger partial charge in [-0.25, -0.2) is 12.8 Å². The van der Waals surface area contributed by atoms with Crippen molar-refractivity contribution in [1.29, 1.82) is 0 Å². The summed E-state index contributed by atoms with van der Waals surface area (Å²) in [5.41, 5.74) is 5.92. The van der Waals surface area contributed by atoms with E-state index in [2.05, 4.69) is 15.0 Å². The number of benzene rings is 2. The third kappa shape index (κ3) is 6.44. The molecule has 2 aromatic carbocycles. The van der Waals surface area contributed by atoms with Crippen LogP contribution in [0.5, 0.6) is 5.75 Å². The number of guanidine groups is 1. The van der Waals surface area contributed by atoms with E-state index in [-0.39, 0.29) is 12.5 Å². The summed E-state index contributed by atoms with van der Waals surface area (Å²) in [6.07, 6.45) is -4.79. The van der Waals surface area contributed by atoms with Gasteiger partial charge in [0.2, 0.25) is 0 Å². The predicted octanol–water partition coefficient (Wildman–Crippen LogP) is 2.92. The van der Waals surface area contributed by atoms with Crippen LogP contribution in [0.3, 0.4) is 0 Å². The third-order valence-corrected chi connectivity index (χ3v) is 4.90. The largest absolute Gasteiger partial charge is 0.573 e. The van der Waals surface area contributed by atoms with Gasteiger partial charge in [-0.15, -0.1) is 13.2 Å². The van der Waals surface area contributed by atoms with E-state index in [0.717, 1.165) is 24.3 Å². The fourth-order valence-electron chi connectivity index (χ4n) is 2.02. The summed E-state index contributed by atoms with van der Waals surface area (Å²) >= 11 is 0. The van der Waals surface area contributed by atoms with Gasteiger partial charge in [0.1, 0.15) is 16.5 Å². The van der Waals surface area contributed by atoms with Crippen molar-refractivity contribution in [1.82, 2.24) is 0 Å². The normalized spacial score (nSPS) is 12.7. The van der Waals surface area contributed by atoms with Gasteiger partial charge in [-0.2, -0.15) is 0 Å². The quantitative estimate of drug-likeness (QED) is 0.438. The van der Waals surface area contributed by atoms with Crippen LogP contribution in [0.15, 0.2) is 58.4 Å². The van der Waals surface area contributed by atoms with E-state index in [1.807, 2.05) is 0 Å². The fraction of sp³-hybridized carbons (Fsp3) is 0.188. The van der Waals surface area contributed by atoms with Crippen molar-refractivity contribution in [3.05, 3.63) is 54.3 Å². The number of aliphatic imine (C=N–C) groups is 1. The zero-order valence-corrected chi connectivity index (χ0v) is 14.5. The lowest BCUT2D eigenvalue weighted by Crippen LogP contribution is -2.24. The number of halogens is 4. The topological polar surface area (TPSA) is 93.8 Å². The number of hydrogen-bond acceptors (Lipinski definition) is 4. The molecule has 6 nitrogen and oxygen atoms in total. The lowest BCUT2D eigenvalue weighted by molar-refractivity contribution is -0.274. The Bertz CT molecular complexity index is 913. The number of hydrogen-bond donors (Lipinski definition) is 2. The first-order chi connectivity index (χ1) is 12.6. The molecule has 0 spiro atoms. The van der Waals surface area contributed by atoms with Crippen LogP contribution in [0, 0.1) is 5.82 Å². The summed E-state index contributed by atoms with van der Waals surface area (Å²) in [7, 11) is -3.87. The Kier molecular flexibility index (Phi) is 6.26. The second kappa shape index (κ2) is 8.25. The van der Waals surface area contributed by atoms with Crippen molar-refractivity contribution in [2.45, 2.75) is 11.3 Å².